The van der Waals surface area contributed by atoms with Gasteiger partial charge in [-0.3, -0.25) is 9.59 Å². The van der Waals surface area contributed by atoms with Gasteiger partial charge in [-0.1, -0.05) is 0 Å². The topological polar surface area (TPSA) is 83.1 Å². The monoisotopic (exact) mass is 395 g/mol. The van der Waals surface area contributed by atoms with E-state index in [0.717, 1.165) is 0 Å². The zero-order valence-corrected chi connectivity index (χ0v) is 16.3. The minimum Gasteiger partial charge on any atom is -0.497 e. The molecule has 2 rings (SSSR count). The predicted octanol–water partition coefficient (Wildman–Crippen LogP) is 2.76. The molecule has 7 nitrogen and oxygen atoms in total. The standard InChI is InChI=1S/C19H21NO6.ClH/c1-23-14-7-5-12(6-8-14)19(22)20-11-15(21)13-9-16(24-2)18(26-4)17(10-13)25-3;/h5-10H,11H2,1-4H3,(H,20,22);1H. The Labute approximate surface area is 164 Å². The van der Waals surface area contributed by atoms with Gasteiger partial charge >= 0.3 is 0 Å². The summed E-state index contributed by atoms with van der Waals surface area (Å²) in [6.45, 7) is -0.163. The van der Waals surface area contributed by atoms with Crippen molar-refractivity contribution < 1.29 is 28.5 Å². The molecule has 0 aliphatic rings. The molecule has 27 heavy (non-hydrogen) atoms. The van der Waals surface area contributed by atoms with Crippen LogP contribution >= 0.6 is 12.4 Å². The number of halogens is 1. The lowest BCUT2D eigenvalue weighted by Crippen LogP contribution is -2.29. The van der Waals surface area contributed by atoms with Gasteiger partial charge in [0.1, 0.15) is 5.75 Å². The van der Waals surface area contributed by atoms with E-state index in [4.69, 9.17) is 18.9 Å². The fourth-order valence-electron chi connectivity index (χ4n) is 2.35. The van der Waals surface area contributed by atoms with Crippen LogP contribution in [-0.4, -0.2) is 46.7 Å². The van der Waals surface area contributed by atoms with Crippen LogP contribution in [0.3, 0.4) is 0 Å². The van der Waals surface area contributed by atoms with E-state index in [1.807, 2.05) is 0 Å². The molecular weight excluding hydrogens is 374 g/mol. The van der Waals surface area contributed by atoms with Crippen LogP contribution in [0.25, 0.3) is 0 Å². The van der Waals surface area contributed by atoms with E-state index >= 15 is 0 Å². The number of hydrogen-bond acceptors (Lipinski definition) is 6. The van der Waals surface area contributed by atoms with Gasteiger partial charge < -0.3 is 24.3 Å². The first kappa shape index (κ1) is 22.1. The van der Waals surface area contributed by atoms with Gasteiger partial charge in [0.2, 0.25) is 5.75 Å². The summed E-state index contributed by atoms with van der Waals surface area (Å²) in [7, 11) is 5.97. The van der Waals surface area contributed by atoms with Crippen molar-refractivity contribution in [3.63, 3.8) is 0 Å². The van der Waals surface area contributed by atoms with Gasteiger partial charge in [-0.05, 0) is 36.4 Å². The zero-order chi connectivity index (χ0) is 19.1. The van der Waals surface area contributed by atoms with E-state index in [2.05, 4.69) is 5.32 Å². The number of carbonyl (C=O) groups excluding carboxylic acids is 2. The van der Waals surface area contributed by atoms with Gasteiger partial charge in [0, 0.05) is 11.1 Å². The molecule has 0 spiro atoms. The molecule has 0 aliphatic carbocycles. The van der Waals surface area contributed by atoms with Crippen molar-refractivity contribution in [3.8, 4) is 23.0 Å². The number of rotatable bonds is 8. The van der Waals surface area contributed by atoms with Crippen LogP contribution in [0.1, 0.15) is 20.7 Å². The van der Waals surface area contributed by atoms with Gasteiger partial charge in [0.05, 0.1) is 35.0 Å². The van der Waals surface area contributed by atoms with E-state index in [1.165, 1.54) is 21.3 Å². The van der Waals surface area contributed by atoms with Crippen LogP contribution in [0.2, 0.25) is 0 Å². The van der Waals surface area contributed by atoms with Crippen molar-refractivity contribution >= 4 is 24.1 Å². The summed E-state index contributed by atoms with van der Waals surface area (Å²) < 4.78 is 20.7. The SMILES string of the molecule is COc1ccc(C(=O)NCC(=O)c2cc(OC)c(OC)c(OC)c2)cc1.Cl. The van der Waals surface area contributed by atoms with Crippen molar-refractivity contribution in [1.29, 1.82) is 0 Å². The quantitative estimate of drug-likeness (QED) is 0.692. The minimum absolute atomic E-state index is 0. The molecule has 2 aromatic carbocycles. The van der Waals surface area contributed by atoms with Crippen molar-refractivity contribution in [2.24, 2.45) is 0 Å². The highest BCUT2D eigenvalue weighted by atomic mass is 35.5. The molecule has 8 heteroatoms. The predicted molar refractivity (Wildman–Crippen MR) is 103 cm³/mol. The Balaban J connectivity index is 0.00000364. The van der Waals surface area contributed by atoms with Crippen molar-refractivity contribution in [3.05, 3.63) is 47.5 Å². The molecule has 2 aromatic rings. The maximum Gasteiger partial charge on any atom is 0.251 e. The number of amides is 1. The highest BCUT2D eigenvalue weighted by Gasteiger charge is 2.17. The molecule has 0 radical (unpaired) electrons. The van der Waals surface area contributed by atoms with Gasteiger partial charge in [-0.25, -0.2) is 0 Å². The van der Waals surface area contributed by atoms with E-state index in [1.54, 1.807) is 43.5 Å². The number of hydrogen-bond donors (Lipinski definition) is 1. The number of benzene rings is 2. The second-order valence-corrected chi connectivity index (χ2v) is 5.25. The van der Waals surface area contributed by atoms with Crippen molar-refractivity contribution in [2.45, 2.75) is 0 Å². The number of ketones is 1. The van der Waals surface area contributed by atoms with Gasteiger partial charge in [0.15, 0.2) is 17.3 Å². The summed E-state index contributed by atoms with van der Waals surface area (Å²) in [6, 6.07) is 9.69. The highest BCUT2D eigenvalue weighted by molar-refractivity contribution is 6.02. The Hall–Kier alpha value is -2.93. The number of carbonyl (C=O) groups is 2. The highest BCUT2D eigenvalue weighted by Crippen LogP contribution is 2.38. The zero-order valence-electron chi connectivity index (χ0n) is 15.5. The second kappa shape index (κ2) is 10.3. The molecule has 0 unspecified atom stereocenters. The molecule has 1 amide bonds. The van der Waals surface area contributed by atoms with Crippen LogP contribution in [0.4, 0.5) is 0 Å². The lowest BCUT2D eigenvalue weighted by Gasteiger charge is -2.14. The van der Waals surface area contributed by atoms with Crippen molar-refractivity contribution in [1.82, 2.24) is 5.32 Å². The largest absolute Gasteiger partial charge is 0.497 e. The molecular formula is C19H22ClNO6. The van der Waals surface area contributed by atoms with Crippen molar-refractivity contribution in [2.75, 3.05) is 35.0 Å². The fourth-order valence-corrected chi connectivity index (χ4v) is 2.35. The molecule has 0 fully saturated rings. The Morgan fingerprint density at radius 1 is 0.815 bits per heavy atom. The third-order valence-corrected chi connectivity index (χ3v) is 3.75. The average molecular weight is 396 g/mol. The third kappa shape index (κ3) is 5.27. The maximum absolute atomic E-state index is 12.4. The first-order valence-corrected chi connectivity index (χ1v) is 7.79. The smallest absolute Gasteiger partial charge is 0.251 e. The Kier molecular flexibility index (Phi) is 8.41. The van der Waals surface area contributed by atoms with Gasteiger partial charge in [-0.15, -0.1) is 12.4 Å². The Bertz CT molecular complexity index is 766. The molecule has 0 aromatic heterocycles. The molecule has 0 atom stereocenters. The molecule has 0 aliphatic heterocycles. The van der Waals surface area contributed by atoms with Crippen LogP contribution in [-0.2, 0) is 0 Å². The summed E-state index contributed by atoms with van der Waals surface area (Å²) in [5, 5.41) is 2.60. The molecule has 0 saturated carbocycles. The van der Waals surface area contributed by atoms with E-state index in [0.29, 0.717) is 34.1 Å². The summed E-state index contributed by atoms with van der Waals surface area (Å²) in [5.74, 6) is 1.15. The lowest BCUT2D eigenvalue weighted by molar-refractivity contribution is 0.0904. The number of nitrogens with one attached hydrogen (secondary N) is 1. The summed E-state index contributed by atoms with van der Waals surface area (Å²) in [6.07, 6.45) is 0. The van der Waals surface area contributed by atoms with Gasteiger partial charge in [-0.2, -0.15) is 0 Å². The van der Waals surface area contributed by atoms with Crippen LogP contribution in [0.15, 0.2) is 36.4 Å². The summed E-state index contributed by atoms with van der Waals surface area (Å²) in [4.78, 5) is 24.6. The van der Waals surface area contributed by atoms with Crippen LogP contribution in [0, 0.1) is 0 Å². The first-order valence-electron chi connectivity index (χ1n) is 7.79. The summed E-state index contributed by atoms with van der Waals surface area (Å²) in [5.41, 5.74) is 0.776. The molecule has 0 saturated heterocycles. The van der Waals surface area contributed by atoms with Crippen LogP contribution < -0.4 is 24.3 Å². The molecule has 146 valence electrons. The lowest BCUT2D eigenvalue weighted by atomic mass is 10.1. The van der Waals surface area contributed by atoms with E-state index in [9.17, 15) is 9.59 Å². The maximum atomic E-state index is 12.4. The third-order valence-electron chi connectivity index (χ3n) is 3.75. The average Bonchev–Trinajstić information content (AvgIpc) is 2.70. The summed E-state index contributed by atoms with van der Waals surface area (Å²) >= 11 is 0. The Morgan fingerprint density at radius 2 is 1.37 bits per heavy atom. The fraction of sp³-hybridized carbons (Fsp3) is 0.263. The first-order chi connectivity index (χ1) is 12.5. The molecule has 1 N–H and O–H groups in total. The molecule has 0 bridgehead atoms. The molecule has 0 heterocycles. The van der Waals surface area contributed by atoms with E-state index < -0.39 is 0 Å². The number of ether oxygens (including phenoxy) is 4. The van der Waals surface area contributed by atoms with Crippen LogP contribution in [0.5, 0.6) is 23.0 Å². The Morgan fingerprint density at radius 3 is 1.81 bits per heavy atom. The second-order valence-electron chi connectivity index (χ2n) is 5.25. The number of Topliss-reactive ketones (excluding diaryl/α,β-unsaturated/α-hetero) is 1. The number of methoxy groups -OCH3 is 4. The minimum atomic E-state index is -0.353. The van der Waals surface area contributed by atoms with Gasteiger partial charge in [0.25, 0.3) is 5.91 Å². The van der Waals surface area contributed by atoms with E-state index in [-0.39, 0.29) is 30.6 Å². The normalized spacial score (nSPS) is 9.63.